The van der Waals surface area contributed by atoms with Crippen LogP contribution in [-0.2, 0) is 9.84 Å². The molecular weight excluding hydrogens is 268 g/mol. The lowest BCUT2D eigenvalue weighted by Crippen LogP contribution is -2.29. The van der Waals surface area contributed by atoms with Crippen molar-refractivity contribution in [1.29, 1.82) is 0 Å². The summed E-state index contributed by atoms with van der Waals surface area (Å²) in [6.07, 6.45) is 3.58. The lowest BCUT2D eigenvalue weighted by atomic mass is 9.69. The van der Waals surface area contributed by atoms with Gasteiger partial charge < -0.3 is 0 Å². The Balaban J connectivity index is 2.49. The summed E-state index contributed by atoms with van der Waals surface area (Å²) >= 11 is 0. The summed E-state index contributed by atoms with van der Waals surface area (Å²) < 4.78 is 25.6. The number of rotatable bonds is 2. The van der Waals surface area contributed by atoms with Gasteiger partial charge in [0.15, 0.2) is 0 Å². The molecule has 2 rings (SSSR count). The van der Waals surface area contributed by atoms with Gasteiger partial charge >= 0.3 is 0 Å². The van der Waals surface area contributed by atoms with Crippen molar-refractivity contribution in [1.82, 2.24) is 0 Å². The highest BCUT2D eigenvalue weighted by atomic mass is 32.2. The first-order valence-corrected chi connectivity index (χ1v) is 8.54. The molecule has 1 aromatic rings. The smallest absolute Gasteiger partial charge is 0.202 e. The van der Waals surface area contributed by atoms with E-state index < -0.39 is 9.84 Å². The predicted octanol–water partition coefficient (Wildman–Crippen LogP) is 4.50. The summed E-state index contributed by atoms with van der Waals surface area (Å²) in [4.78, 5) is 0.977. The van der Waals surface area contributed by atoms with Crippen LogP contribution >= 0.6 is 0 Å². The van der Waals surface area contributed by atoms with Crippen LogP contribution in [0, 0.1) is 17.8 Å². The normalized spacial score (nSPS) is 21.4. The van der Waals surface area contributed by atoms with Gasteiger partial charge in [-0.1, -0.05) is 51.5 Å². The predicted molar refractivity (Wildman–Crippen MR) is 83.2 cm³/mol. The van der Waals surface area contributed by atoms with Gasteiger partial charge in [0.25, 0.3) is 0 Å². The first-order chi connectivity index (χ1) is 9.02. The Hall–Kier alpha value is -1.09. The van der Waals surface area contributed by atoms with E-state index in [1.165, 1.54) is 0 Å². The molecule has 0 radical (unpaired) electrons. The zero-order valence-electron chi connectivity index (χ0n) is 13.0. The summed E-state index contributed by atoms with van der Waals surface area (Å²) in [6, 6.07) is 7.12. The van der Waals surface area contributed by atoms with Gasteiger partial charge in [0, 0.05) is 4.91 Å². The first-order valence-electron chi connectivity index (χ1n) is 7.05. The van der Waals surface area contributed by atoms with Crippen LogP contribution in [0.4, 0.5) is 0 Å². The minimum absolute atomic E-state index is 0.0192. The van der Waals surface area contributed by atoms with Crippen molar-refractivity contribution in [2.45, 2.75) is 52.4 Å². The number of allylic oxidation sites excluding steroid dienone is 2. The second kappa shape index (κ2) is 4.73. The molecular formula is C17H24O2S. The fourth-order valence-corrected chi connectivity index (χ4v) is 5.20. The zero-order valence-corrected chi connectivity index (χ0v) is 13.8. The maximum absolute atomic E-state index is 12.8. The molecule has 0 aliphatic heterocycles. The Kier molecular flexibility index (Phi) is 3.62. The van der Waals surface area contributed by atoms with E-state index in [4.69, 9.17) is 0 Å². The lowest BCUT2D eigenvalue weighted by Gasteiger charge is -2.39. The molecule has 0 fully saturated rings. The van der Waals surface area contributed by atoms with Crippen LogP contribution in [0.15, 0.2) is 40.1 Å². The number of benzene rings is 1. The molecule has 0 heterocycles. The fraction of sp³-hybridized carbons (Fsp3) is 0.529. The molecule has 0 unspecified atom stereocenters. The van der Waals surface area contributed by atoms with Crippen LogP contribution < -0.4 is 0 Å². The standard InChI is InChI=1S/C17H24O2S/c1-13-6-8-14(9-7-13)20(18,19)15-10-16(2,3)12-17(4,5)11-15/h6-10H,11-12H2,1-5H3. The molecule has 0 N–H and O–H groups in total. The highest BCUT2D eigenvalue weighted by Gasteiger charge is 2.37. The SMILES string of the molecule is Cc1ccc(S(=O)(=O)C2=CC(C)(C)CC(C)(C)C2)cc1. The van der Waals surface area contributed by atoms with E-state index in [1.807, 2.05) is 25.1 Å². The van der Waals surface area contributed by atoms with Gasteiger partial charge in [0.2, 0.25) is 9.84 Å². The molecule has 0 aromatic heterocycles. The molecule has 3 heteroatoms. The number of hydrogen-bond donors (Lipinski definition) is 0. The Morgan fingerprint density at radius 1 is 1.00 bits per heavy atom. The molecule has 20 heavy (non-hydrogen) atoms. The summed E-state index contributed by atoms with van der Waals surface area (Å²) in [5.41, 5.74) is 1.02. The van der Waals surface area contributed by atoms with Crippen LogP contribution in [-0.4, -0.2) is 8.42 Å². The maximum Gasteiger partial charge on any atom is 0.202 e. The molecule has 1 aromatic carbocycles. The second-order valence-corrected chi connectivity index (χ2v) is 9.44. The molecule has 1 aliphatic carbocycles. The molecule has 0 saturated heterocycles. The average Bonchev–Trinajstić information content (AvgIpc) is 2.25. The Morgan fingerprint density at radius 3 is 2.05 bits per heavy atom. The highest BCUT2D eigenvalue weighted by molar-refractivity contribution is 7.95. The van der Waals surface area contributed by atoms with Crippen molar-refractivity contribution in [3.05, 3.63) is 40.8 Å². The van der Waals surface area contributed by atoms with E-state index in [0.717, 1.165) is 12.0 Å². The van der Waals surface area contributed by atoms with Gasteiger partial charge in [-0.2, -0.15) is 0 Å². The van der Waals surface area contributed by atoms with Gasteiger partial charge in [-0.25, -0.2) is 8.42 Å². The summed E-state index contributed by atoms with van der Waals surface area (Å²) in [5, 5.41) is 0. The molecule has 110 valence electrons. The van der Waals surface area contributed by atoms with Crippen LogP contribution in [0.3, 0.4) is 0 Å². The van der Waals surface area contributed by atoms with Crippen LogP contribution in [0.1, 0.15) is 46.1 Å². The van der Waals surface area contributed by atoms with Crippen LogP contribution in [0.2, 0.25) is 0 Å². The monoisotopic (exact) mass is 292 g/mol. The third kappa shape index (κ3) is 3.14. The van der Waals surface area contributed by atoms with Crippen molar-refractivity contribution in [3.63, 3.8) is 0 Å². The van der Waals surface area contributed by atoms with E-state index >= 15 is 0 Å². The molecule has 0 bridgehead atoms. The lowest BCUT2D eigenvalue weighted by molar-refractivity contribution is 0.219. The molecule has 0 amide bonds. The Labute approximate surface area is 122 Å². The topological polar surface area (TPSA) is 34.1 Å². The largest absolute Gasteiger partial charge is 0.219 e. The second-order valence-electron chi connectivity index (χ2n) is 7.43. The Morgan fingerprint density at radius 2 is 1.55 bits per heavy atom. The summed E-state index contributed by atoms with van der Waals surface area (Å²) in [5.74, 6) is 0. The fourth-order valence-electron chi connectivity index (χ4n) is 3.35. The van der Waals surface area contributed by atoms with Crippen molar-refractivity contribution in [2.24, 2.45) is 10.8 Å². The van der Waals surface area contributed by atoms with E-state index in [-0.39, 0.29) is 10.8 Å². The van der Waals surface area contributed by atoms with Gasteiger partial charge in [-0.15, -0.1) is 0 Å². The van der Waals surface area contributed by atoms with Gasteiger partial charge in [0.1, 0.15) is 0 Å². The highest BCUT2D eigenvalue weighted by Crippen LogP contribution is 2.46. The van der Waals surface area contributed by atoms with Crippen LogP contribution in [0.25, 0.3) is 0 Å². The molecule has 0 saturated carbocycles. The van der Waals surface area contributed by atoms with Crippen molar-refractivity contribution in [2.75, 3.05) is 0 Å². The Bertz CT molecular complexity index is 632. The molecule has 0 atom stereocenters. The zero-order chi connectivity index (χ0) is 15.2. The third-order valence-electron chi connectivity index (χ3n) is 3.82. The summed E-state index contributed by atoms with van der Waals surface area (Å²) in [7, 11) is -3.36. The minimum Gasteiger partial charge on any atom is -0.219 e. The number of hydrogen-bond acceptors (Lipinski definition) is 2. The van der Waals surface area contributed by atoms with E-state index in [2.05, 4.69) is 27.7 Å². The van der Waals surface area contributed by atoms with Crippen molar-refractivity contribution < 1.29 is 8.42 Å². The first kappa shape index (κ1) is 15.3. The van der Waals surface area contributed by atoms with Crippen molar-refractivity contribution in [3.8, 4) is 0 Å². The van der Waals surface area contributed by atoms with E-state index in [0.29, 0.717) is 16.2 Å². The average molecular weight is 292 g/mol. The van der Waals surface area contributed by atoms with Gasteiger partial charge in [-0.05, 0) is 42.7 Å². The number of aryl methyl sites for hydroxylation is 1. The molecule has 1 aliphatic rings. The van der Waals surface area contributed by atoms with E-state index in [1.54, 1.807) is 12.1 Å². The number of sulfone groups is 1. The minimum atomic E-state index is -3.36. The van der Waals surface area contributed by atoms with Gasteiger partial charge in [0.05, 0.1) is 4.90 Å². The summed E-state index contributed by atoms with van der Waals surface area (Å²) in [6.45, 7) is 10.5. The third-order valence-corrected chi connectivity index (χ3v) is 5.66. The van der Waals surface area contributed by atoms with Gasteiger partial charge in [-0.3, -0.25) is 0 Å². The molecule has 2 nitrogen and oxygen atoms in total. The van der Waals surface area contributed by atoms with Crippen LogP contribution in [0.5, 0.6) is 0 Å². The van der Waals surface area contributed by atoms with E-state index in [9.17, 15) is 8.42 Å². The molecule has 0 spiro atoms. The quantitative estimate of drug-likeness (QED) is 0.804. The van der Waals surface area contributed by atoms with Crippen molar-refractivity contribution >= 4 is 9.84 Å². The maximum atomic E-state index is 12.8.